The molecule has 2 heterocycles. The third kappa shape index (κ3) is 4.87. The zero-order chi connectivity index (χ0) is 22.9. The second kappa shape index (κ2) is 9.30. The summed E-state index contributed by atoms with van der Waals surface area (Å²) in [7, 11) is 0. The first-order chi connectivity index (χ1) is 15.3. The van der Waals surface area contributed by atoms with E-state index < -0.39 is 17.7 Å². The molecule has 0 radical (unpaired) electrons. The molecule has 2 saturated heterocycles. The number of carbonyl (C=O) groups excluding carboxylic acids is 1. The van der Waals surface area contributed by atoms with Crippen LogP contribution in [0.5, 0.6) is 0 Å². The summed E-state index contributed by atoms with van der Waals surface area (Å²) in [6.07, 6.45) is 4.89. The van der Waals surface area contributed by atoms with Gasteiger partial charge in [-0.1, -0.05) is 26.0 Å². The van der Waals surface area contributed by atoms with Gasteiger partial charge in [-0.05, 0) is 55.5 Å². The van der Waals surface area contributed by atoms with Crippen molar-refractivity contribution in [3.63, 3.8) is 0 Å². The maximum Gasteiger partial charge on any atom is 0.317 e. The molecule has 2 atom stereocenters. The topological polar surface area (TPSA) is 35.6 Å². The number of likely N-dealkylation sites (tertiary alicyclic amines) is 2. The van der Waals surface area contributed by atoms with Gasteiger partial charge in [-0.15, -0.1) is 0 Å². The van der Waals surface area contributed by atoms with Crippen molar-refractivity contribution >= 4 is 6.03 Å². The van der Waals surface area contributed by atoms with Gasteiger partial charge in [0.2, 0.25) is 0 Å². The standard InChI is InChI=1S/C25H32F3N3O/c1-17(2)7-10-31-16-25(23(31)18-3-5-19(26)6-4-18)8-11-30(12-9-25)24(32)29-22-14-20(27)13-21(28)15-22/h3-6,13-14,17,22-23H,7-12,15-16H2,1-2H3,(H,29,32). The van der Waals surface area contributed by atoms with Crippen molar-refractivity contribution in [3.05, 3.63) is 59.5 Å². The lowest BCUT2D eigenvalue weighted by molar-refractivity contribution is -0.109. The zero-order valence-corrected chi connectivity index (χ0v) is 18.8. The quantitative estimate of drug-likeness (QED) is 0.647. The van der Waals surface area contributed by atoms with E-state index in [1.165, 1.54) is 18.2 Å². The van der Waals surface area contributed by atoms with Crippen LogP contribution < -0.4 is 5.32 Å². The fraction of sp³-hybridized carbons (Fsp3) is 0.560. The number of benzene rings is 1. The Hall–Kier alpha value is -2.28. The second-order valence-corrected chi connectivity index (χ2v) is 9.86. The number of hydrogen-bond acceptors (Lipinski definition) is 2. The molecule has 0 bridgehead atoms. The molecule has 1 aromatic carbocycles. The van der Waals surface area contributed by atoms with Crippen molar-refractivity contribution in [1.82, 2.24) is 15.1 Å². The third-order valence-corrected chi connectivity index (χ3v) is 7.07. The average Bonchev–Trinajstić information content (AvgIpc) is 2.72. The van der Waals surface area contributed by atoms with E-state index >= 15 is 0 Å². The van der Waals surface area contributed by atoms with Gasteiger partial charge in [0.1, 0.15) is 17.5 Å². The summed E-state index contributed by atoms with van der Waals surface area (Å²) < 4.78 is 40.5. The molecular formula is C25H32F3N3O. The number of piperidine rings is 1. The lowest BCUT2D eigenvalue weighted by Gasteiger charge is -2.61. The number of rotatable bonds is 5. The van der Waals surface area contributed by atoms with Gasteiger partial charge in [-0.25, -0.2) is 18.0 Å². The summed E-state index contributed by atoms with van der Waals surface area (Å²) in [4.78, 5) is 16.9. The van der Waals surface area contributed by atoms with Crippen LogP contribution in [0.25, 0.3) is 0 Å². The van der Waals surface area contributed by atoms with Gasteiger partial charge in [-0.3, -0.25) is 4.90 Å². The van der Waals surface area contributed by atoms with Crippen LogP contribution in [0.3, 0.4) is 0 Å². The van der Waals surface area contributed by atoms with Crippen molar-refractivity contribution < 1.29 is 18.0 Å². The van der Waals surface area contributed by atoms with Crippen LogP contribution in [0.1, 0.15) is 51.1 Å². The average molecular weight is 448 g/mol. The van der Waals surface area contributed by atoms with E-state index in [1.54, 1.807) is 4.90 Å². The number of halogens is 3. The molecule has 1 aromatic rings. The molecule has 1 spiro atoms. The number of allylic oxidation sites excluding steroid dienone is 2. The second-order valence-electron chi connectivity index (χ2n) is 9.86. The maximum absolute atomic E-state index is 13.5. The number of hydrogen-bond donors (Lipinski definition) is 1. The molecule has 3 aliphatic rings. The molecule has 32 heavy (non-hydrogen) atoms. The molecule has 2 amide bonds. The van der Waals surface area contributed by atoms with Crippen LogP contribution in [0.4, 0.5) is 18.0 Å². The van der Waals surface area contributed by atoms with E-state index in [0.717, 1.165) is 44.0 Å². The predicted molar refractivity (Wildman–Crippen MR) is 119 cm³/mol. The molecule has 1 N–H and O–H groups in total. The molecule has 1 aliphatic carbocycles. The predicted octanol–water partition coefficient (Wildman–Crippen LogP) is 5.50. The minimum Gasteiger partial charge on any atom is -0.331 e. The van der Waals surface area contributed by atoms with Crippen LogP contribution in [-0.4, -0.2) is 48.1 Å². The first-order valence-electron chi connectivity index (χ1n) is 11.5. The SMILES string of the molecule is CC(C)CCN1CC2(CCN(C(=O)NC3C=C(F)C=C(F)C3)CC2)C1c1ccc(F)cc1. The Morgan fingerprint density at radius 2 is 1.84 bits per heavy atom. The molecule has 2 fully saturated rings. The third-order valence-electron chi connectivity index (χ3n) is 7.07. The van der Waals surface area contributed by atoms with Crippen LogP contribution in [0.2, 0.25) is 0 Å². The molecule has 2 aliphatic heterocycles. The van der Waals surface area contributed by atoms with Crippen molar-refractivity contribution in [1.29, 1.82) is 0 Å². The summed E-state index contributed by atoms with van der Waals surface area (Å²) in [6.45, 7) is 7.61. The minimum atomic E-state index is -0.662. The maximum atomic E-state index is 13.5. The summed E-state index contributed by atoms with van der Waals surface area (Å²) in [6, 6.07) is 6.09. The summed E-state index contributed by atoms with van der Waals surface area (Å²) >= 11 is 0. The highest BCUT2D eigenvalue weighted by Crippen LogP contribution is 2.55. The van der Waals surface area contributed by atoms with E-state index in [2.05, 4.69) is 24.1 Å². The van der Waals surface area contributed by atoms with Gasteiger partial charge < -0.3 is 10.2 Å². The monoisotopic (exact) mass is 447 g/mol. The van der Waals surface area contributed by atoms with Crippen molar-refractivity contribution in [2.24, 2.45) is 11.3 Å². The van der Waals surface area contributed by atoms with Crippen LogP contribution in [-0.2, 0) is 0 Å². The van der Waals surface area contributed by atoms with E-state index in [9.17, 15) is 18.0 Å². The van der Waals surface area contributed by atoms with Gasteiger partial charge in [0.05, 0.1) is 6.04 Å². The number of nitrogens with zero attached hydrogens (tertiary/aromatic N) is 2. The Balaban J connectivity index is 1.39. The lowest BCUT2D eigenvalue weighted by atomic mass is 9.63. The van der Waals surface area contributed by atoms with Crippen LogP contribution >= 0.6 is 0 Å². The van der Waals surface area contributed by atoms with Gasteiger partial charge in [-0.2, -0.15) is 0 Å². The molecule has 4 nitrogen and oxygen atoms in total. The van der Waals surface area contributed by atoms with Crippen molar-refractivity contribution in [3.8, 4) is 0 Å². The summed E-state index contributed by atoms with van der Waals surface area (Å²) in [5, 5.41) is 2.74. The molecule has 174 valence electrons. The van der Waals surface area contributed by atoms with Gasteiger partial charge in [0, 0.05) is 43.6 Å². The van der Waals surface area contributed by atoms with Gasteiger partial charge in [0.25, 0.3) is 0 Å². The summed E-state index contributed by atoms with van der Waals surface area (Å²) in [5.41, 5.74) is 1.20. The first kappa shape index (κ1) is 22.9. The van der Waals surface area contributed by atoms with Crippen LogP contribution in [0, 0.1) is 17.2 Å². The number of urea groups is 1. The molecule has 4 rings (SSSR count). The molecule has 0 aromatic heterocycles. The largest absolute Gasteiger partial charge is 0.331 e. The number of nitrogens with one attached hydrogen (secondary N) is 1. The smallest absolute Gasteiger partial charge is 0.317 e. The van der Waals surface area contributed by atoms with Crippen LogP contribution in [0.15, 0.2) is 48.1 Å². The molecule has 0 saturated carbocycles. The van der Waals surface area contributed by atoms with Crippen molar-refractivity contribution in [2.75, 3.05) is 26.2 Å². The summed E-state index contributed by atoms with van der Waals surface area (Å²) in [5.74, 6) is -0.841. The number of amides is 2. The Morgan fingerprint density at radius 1 is 1.16 bits per heavy atom. The van der Waals surface area contributed by atoms with E-state index in [0.29, 0.717) is 19.0 Å². The van der Waals surface area contributed by atoms with Crippen molar-refractivity contribution in [2.45, 2.75) is 51.6 Å². The van der Waals surface area contributed by atoms with E-state index in [4.69, 9.17) is 0 Å². The Kier molecular flexibility index (Phi) is 6.65. The fourth-order valence-corrected chi connectivity index (χ4v) is 5.35. The normalized spacial score (nSPS) is 25.4. The molecular weight excluding hydrogens is 415 g/mol. The highest BCUT2D eigenvalue weighted by Gasteiger charge is 2.54. The molecule has 7 heteroatoms. The van der Waals surface area contributed by atoms with E-state index in [-0.39, 0.29) is 29.7 Å². The fourth-order valence-electron chi connectivity index (χ4n) is 5.35. The highest BCUT2D eigenvalue weighted by atomic mass is 19.1. The van der Waals surface area contributed by atoms with E-state index in [1.807, 2.05) is 12.1 Å². The lowest BCUT2D eigenvalue weighted by Crippen LogP contribution is -2.63. The number of carbonyl (C=O) groups is 1. The Labute approximate surface area is 188 Å². The Morgan fingerprint density at radius 3 is 2.47 bits per heavy atom. The molecule has 2 unspecified atom stereocenters. The first-order valence-corrected chi connectivity index (χ1v) is 11.5. The minimum absolute atomic E-state index is 0.0195. The Bertz CT molecular complexity index is 888. The highest BCUT2D eigenvalue weighted by molar-refractivity contribution is 5.75. The van der Waals surface area contributed by atoms with Gasteiger partial charge in [0.15, 0.2) is 0 Å². The zero-order valence-electron chi connectivity index (χ0n) is 18.8. The van der Waals surface area contributed by atoms with Gasteiger partial charge >= 0.3 is 6.03 Å².